The molecule has 1 aromatic heterocycles. The Balaban J connectivity index is 1.97. The van der Waals surface area contributed by atoms with E-state index in [-0.39, 0.29) is 5.25 Å². The number of hydrogen-bond acceptors (Lipinski definition) is 4. The Labute approximate surface area is 105 Å². The van der Waals surface area contributed by atoms with Gasteiger partial charge in [-0.25, -0.2) is 0 Å². The summed E-state index contributed by atoms with van der Waals surface area (Å²) in [7, 11) is 0. The highest BCUT2D eigenvalue weighted by molar-refractivity contribution is 8.07. The number of Topliss-reactive ketones (excluding diaryl/α,β-unsaturated/α-hetero) is 1. The first-order chi connectivity index (χ1) is 7.77. The van der Waals surface area contributed by atoms with E-state index < -0.39 is 0 Å². The van der Waals surface area contributed by atoms with Gasteiger partial charge in [0.15, 0.2) is 5.78 Å². The molecular formula is C12H15NOS2. The first kappa shape index (κ1) is 12.0. The predicted octanol–water partition coefficient (Wildman–Crippen LogP) is 2.43. The zero-order chi connectivity index (χ0) is 11.4. The van der Waals surface area contributed by atoms with Crippen LogP contribution in [0.1, 0.15) is 12.5 Å². The van der Waals surface area contributed by atoms with Crippen LogP contribution >= 0.6 is 23.5 Å². The molecule has 0 N–H and O–H groups in total. The molecule has 0 spiro atoms. The van der Waals surface area contributed by atoms with Crippen LogP contribution in [0.25, 0.3) is 0 Å². The average molecular weight is 253 g/mol. The summed E-state index contributed by atoms with van der Waals surface area (Å²) >= 11 is 3.72. The number of aromatic nitrogens is 1. The lowest BCUT2D eigenvalue weighted by Gasteiger charge is -2.26. The van der Waals surface area contributed by atoms with Crippen molar-refractivity contribution < 1.29 is 4.79 Å². The quantitative estimate of drug-likeness (QED) is 0.827. The monoisotopic (exact) mass is 253 g/mol. The average Bonchev–Trinajstić information content (AvgIpc) is 2.31. The molecule has 0 saturated carbocycles. The van der Waals surface area contributed by atoms with Gasteiger partial charge in [-0.3, -0.25) is 9.78 Å². The fourth-order valence-electron chi connectivity index (χ4n) is 1.79. The van der Waals surface area contributed by atoms with Gasteiger partial charge < -0.3 is 0 Å². The third kappa shape index (κ3) is 3.01. The Morgan fingerprint density at radius 1 is 1.50 bits per heavy atom. The van der Waals surface area contributed by atoms with E-state index in [0.717, 1.165) is 11.3 Å². The maximum atomic E-state index is 12.1. The molecule has 0 aromatic carbocycles. The van der Waals surface area contributed by atoms with Gasteiger partial charge in [0.25, 0.3) is 0 Å². The van der Waals surface area contributed by atoms with Crippen LogP contribution in [-0.4, -0.2) is 32.8 Å². The standard InChI is InChI=1S/C12H15NOS2/c1-9-12(16-6-5-15-9)11(14)7-10-3-2-4-13-8-10/h2-4,8-9,12H,5-7H2,1H3. The number of pyridine rings is 1. The summed E-state index contributed by atoms with van der Waals surface area (Å²) in [6.07, 6.45) is 4.04. The molecule has 2 rings (SSSR count). The van der Waals surface area contributed by atoms with E-state index in [0.29, 0.717) is 17.5 Å². The van der Waals surface area contributed by atoms with E-state index in [2.05, 4.69) is 11.9 Å². The summed E-state index contributed by atoms with van der Waals surface area (Å²) in [5.41, 5.74) is 1.02. The van der Waals surface area contributed by atoms with Gasteiger partial charge in [-0.05, 0) is 11.6 Å². The fraction of sp³-hybridized carbons (Fsp3) is 0.500. The second kappa shape index (κ2) is 5.73. The van der Waals surface area contributed by atoms with Crippen molar-refractivity contribution in [2.24, 2.45) is 0 Å². The van der Waals surface area contributed by atoms with E-state index in [4.69, 9.17) is 0 Å². The summed E-state index contributed by atoms with van der Waals surface area (Å²) in [6.45, 7) is 2.16. The lowest BCUT2D eigenvalue weighted by molar-refractivity contribution is -0.117. The Morgan fingerprint density at radius 3 is 3.00 bits per heavy atom. The van der Waals surface area contributed by atoms with Crippen molar-refractivity contribution >= 4 is 29.3 Å². The zero-order valence-electron chi connectivity index (χ0n) is 9.26. The van der Waals surface area contributed by atoms with Gasteiger partial charge in [0.05, 0.1) is 5.25 Å². The van der Waals surface area contributed by atoms with Crippen molar-refractivity contribution in [3.8, 4) is 0 Å². The third-order valence-electron chi connectivity index (χ3n) is 2.61. The van der Waals surface area contributed by atoms with Crippen molar-refractivity contribution in [1.82, 2.24) is 4.98 Å². The molecule has 2 nitrogen and oxygen atoms in total. The molecule has 1 aliphatic rings. The maximum absolute atomic E-state index is 12.1. The van der Waals surface area contributed by atoms with Crippen LogP contribution in [0.2, 0.25) is 0 Å². The maximum Gasteiger partial charge on any atom is 0.151 e. The van der Waals surface area contributed by atoms with Gasteiger partial charge in [0.1, 0.15) is 0 Å². The van der Waals surface area contributed by atoms with Crippen molar-refractivity contribution in [3.05, 3.63) is 30.1 Å². The third-order valence-corrected chi connectivity index (χ3v) is 5.74. The zero-order valence-corrected chi connectivity index (χ0v) is 10.9. The molecule has 1 aromatic rings. The first-order valence-corrected chi connectivity index (χ1v) is 7.52. The molecule has 0 radical (unpaired) electrons. The Kier molecular flexibility index (Phi) is 4.29. The lowest BCUT2D eigenvalue weighted by atomic mass is 10.1. The van der Waals surface area contributed by atoms with Crippen molar-refractivity contribution in [2.45, 2.75) is 23.8 Å². The second-order valence-electron chi connectivity index (χ2n) is 3.87. The Hall–Kier alpha value is -0.480. The van der Waals surface area contributed by atoms with Crippen molar-refractivity contribution in [2.75, 3.05) is 11.5 Å². The van der Waals surface area contributed by atoms with Gasteiger partial charge in [-0.1, -0.05) is 13.0 Å². The molecule has 0 amide bonds. The van der Waals surface area contributed by atoms with Gasteiger partial charge >= 0.3 is 0 Å². The van der Waals surface area contributed by atoms with Crippen LogP contribution < -0.4 is 0 Å². The van der Waals surface area contributed by atoms with E-state index in [1.807, 2.05) is 35.7 Å². The van der Waals surface area contributed by atoms with E-state index in [1.54, 1.807) is 12.4 Å². The predicted molar refractivity (Wildman–Crippen MR) is 71.1 cm³/mol. The molecule has 0 aliphatic carbocycles. The molecule has 0 bridgehead atoms. The number of hydrogen-bond donors (Lipinski definition) is 0. The molecule has 86 valence electrons. The normalized spacial score (nSPS) is 25.3. The molecule has 1 aliphatic heterocycles. The number of ketones is 1. The highest BCUT2D eigenvalue weighted by Gasteiger charge is 2.28. The smallest absolute Gasteiger partial charge is 0.151 e. The van der Waals surface area contributed by atoms with Crippen LogP contribution in [-0.2, 0) is 11.2 Å². The molecule has 4 heteroatoms. The summed E-state index contributed by atoms with van der Waals surface area (Å²) < 4.78 is 0. The fourth-order valence-corrected chi connectivity index (χ4v) is 4.52. The minimum absolute atomic E-state index is 0.166. The minimum Gasteiger partial charge on any atom is -0.298 e. The van der Waals surface area contributed by atoms with Crippen LogP contribution in [0.3, 0.4) is 0 Å². The molecular weight excluding hydrogens is 238 g/mol. The van der Waals surface area contributed by atoms with Gasteiger partial charge in [0.2, 0.25) is 0 Å². The molecule has 1 saturated heterocycles. The SMILES string of the molecule is CC1SCCSC1C(=O)Cc1cccnc1. The lowest BCUT2D eigenvalue weighted by Crippen LogP contribution is -2.32. The molecule has 2 unspecified atom stereocenters. The number of rotatable bonds is 3. The Bertz CT molecular complexity index is 355. The first-order valence-electron chi connectivity index (χ1n) is 5.42. The minimum atomic E-state index is 0.166. The number of carbonyl (C=O) groups excluding carboxylic acids is 1. The number of carbonyl (C=O) groups is 1. The van der Waals surface area contributed by atoms with Gasteiger partial charge in [0, 0.05) is 35.6 Å². The van der Waals surface area contributed by atoms with E-state index >= 15 is 0 Å². The van der Waals surface area contributed by atoms with Gasteiger partial charge in [-0.15, -0.1) is 11.8 Å². The van der Waals surface area contributed by atoms with Crippen LogP contribution in [0, 0.1) is 0 Å². The largest absolute Gasteiger partial charge is 0.298 e. The summed E-state index contributed by atoms with van der Waals surface area (Å²) in [6, 6.07) is 3.85. The summed E-state index contributed by atoms with van der Waals surface area (Å²) in [5.74, 6) is 2.61. The van der Waals surface area contributed by atoms with Crippen LogP contribution in [0.15, 0.2) is 24.5 Å². The van der Waals surface area contributed by atoms with E-state index in [1.165, 1.54) is 5.75 Å². The van der Waals surface area contributed by atoms with Crippen LogP contribution in [0.5, 0.6) is 0 Å². The molecule has 2 atom stereocenters. The topological polar surface area (TPSA) is 30.0 Å². The summed E-state index contributed by atoms with van der Waals surface area (Å²) in [4.78, 5) is 16.2. The highest BCUT2D eigenvalue weighted by atomic mass is 32.2. The van der Waals surface area contributed by atoms with Crippen molar-refractivity contribution in [3.63, 3.8) is 0 Å². The van der Waals surface area contributed by atoms with Crippen LogP contribution in [0.4, 0.5) is 0 Å². The Morgan fingerprint density at radius 2 is 2.31 bits per heavy atom. The van der Waals surface area contributed by atoms with Crippen molar-refractivity contribution in [1.29, 1.82) is 0 Å². The second-order valence-corrected chi connectivity index (χ2v) is 6.61. The van der Waals surface area contributed by atoms with E-state index in [9.17, 15) is 4.79 Å². The molecule has 1 fully saturated rings. The summed E-state index contributed by atoms with van der Waals surface area (Å²) in [5, 5.41) is 0.613. The van der Waals surface area contributed by atoms with Gasteiger partial charge in [-0.2, -0.15) is 11.8 Å². The number of thioether (sulfide) groups is 2. The molecule has 2 heterocycles. The number of nitrogens with zero attached hydrogens (tertiary/aromatic N) is 1. The highest BCUT2D eigenvalue weighted by Crippen LogP contribution is 2.32. The molecule has 16 heavy (non-hydrogen) atoms.